The molecule has 1 fully saturated rings. The van der Waals surface area contributed by atoms with Gasteiger partial charge in [-0.3, -0.25) is 4.98 Å². The van der Waals surface area contributed by atoms with Gasteiger partial charge in [-0.25, -0.2) is 9.78 Å². The van der Waals surface area contributed by atoms with Gasteiger partial charge >= 0.3 is 5.97 Å². The van der Waals surface area contributed by atoms with E-state index in [1.54, 1.807) is 13.1 Å². The Kier molecular flexibility index (Phi) is 5.34. The van der Waals surface area contributed by atoms with Crippen molar-refractivity contribution in [2.75, 3.05) is 25.1 Å². The number of esters is 1. The van der Waals surface area contributed by atoms with Crippen molar-refractivity contribution in [2.24, 2.45) is 5.92 Å². The smallest absolute Gasteiger partial charge is 0.339 e. The number of nitrogens with zero attached hydrogens (tertiary/aromatic N) is 4. The van der Waals surface area contributed by atoms with Crippen molar-refractivity contribution in [3.05, 3.63) is 65.0 Å². The predicted octanol–water partition coefficient (Wildman–Crippen LogP) is 2.64. The number of aliphatic hydroxyl groups is 1. The molecule has 1 N–H and O–H groups in total. The molecular weight excluding hydrogens is 380 g/mol. The van der Waals surface area contributed by atoms with E-state index in [-0.39, 0.29) is 11.5 Å². The largest absolute Gasteiger partial charge is 0.465 e. The van der Waals surface area contributed by atoms with Crippen LogP contribution in [-0.4, -0.2) is 47.3 Å². The summed E-state index contributed by atoms with van der Waals surface area (Å²) in [7, 11) is 1.30. The number of anilines is 1. The summed E-state index contributed by atoms with van der Waals surface area (Å²) < 4.78 is 4.77. The third kappa shape index (κ3) is 3.58. The number of aliphatic hydroxyl groups excluding tert-OH is 1. The quantitative estimate of drug-likeness (QED) is 0.670. The monoisotopic (exact) mass is 402 g/mol. The molecule has 1 aromatic carbocycles. The molecule has 4 rings (SSSR count). The molecule has 0 radical (unpaired) electrons. The average Bonchev–Trinajstić information content (AvgIpc) is 3.13. The molecule has 3 heterocycles. The maximum Gasteiger partial charge on any atom is 0.339 e. The first-order chi connectivity index (χ1) is 14.5. The standard InChI is InChI=1S/C23H22N4O3/c1-14-19(23(29)30-2)10-16(11-24)22(26-14)27-12-17(21(28)13-27)9-15-7-8-25-20-6-4-3-5-18(15)20/h3-8,10,17,21,28H,9,12-13H2,1-2H3/t17-,21+/m1/s1. The lowest BCUT2D eigenvalue weighted by atomic mass is 9.94. The minimum atomic E-state index is -0.550. The number of aromatic nitrogens is 2. The van der Waals surface area contributed by atoms with Crippen LogP contribution in [0, 0.1) is 24.2 Å². The minimum absolute atomic E-state index is 0.00950. The minimum Gasteiger partial charge on any atom is -0.465 e. The van der Waals surface area contributed by atoms with Gasteiger partial charge < -0.3 is 14.7 Å². The van der Waals surface area contributed by atoms with Gasteiger partial charge in [0.1, 0.15) is 11.9 Å². The highest BCUT2D eigenvalue weighted by atomic mass is 16.5. The molecule has 0 bridgehead atoms. The number of hydrogen-bond donors (Lipinski definition) is 1. The number of methoxy groups -OCH3 is 1. The van der Waals surface area contributed by atoms with Crippen LogP contribution in [0.1, 0.15) is 27.2 Å². The molecule has 0 spiro atoms. The van der Waals surface area contributed by atoms with Crippen LogP contribution in [0.5, 0.6) is 0 Å². The van der Waals surface area contributed by atoms with Crippen molar-refractivity contribution in [3.63, 3.8) is 0 Å². The van der Waals surface area contributed by atoms with E-state index in [0.717, 1.165) is 16.5 Å². The van der Waals surface area contributed by atoms with Crippen molar-refractivity contribution in [1.29, 1.82) is 5.26 Å². The van der Waals surface area contributed by atoms with E-state index in [1.165, 1.54) is 13.2 Å². The summed E-state index contributed by atoms with van der Waals surface area (Å²) in [6, 6.07) is 13.6. The van der Waals surface area contributed by atoms with E-state index < -0.39 is 12.1 Å². The number of benzene rings is 1. The van der Waals surface area contributed by atoms with Gasteiger partial charge in [0, 0.05) is 30.6 Å². The fourth-order valence-corrected chi connectivity index (χ4v) is 4.08. The maximum absolute atomic E-state index is 11.9. The summed E-state index contributed by atoms with van der Waals surface area (Å²) in [6.45, 7) is 2.66. The summed E-state index contributed by atoms with van der Waals surface area (Å²) >= 11 is 0. The van der Waals surface area contributed by atoms with Crippen LogP contribution < -0.4 is 4.90 Å². The molecule has 2 atom stereocenters. The van der Waals surface area contributed by atoms with Gasteiger partial charge in [0.25, 0.3) is 0 Å². The van der Waals surface area contributed by atoms with E-state index >= 15 is 0 Å². The number of carbonyl (C=O) groups is 1. The maximum atomic E-state index is 11.9. The first kappa shape index (κ1) is 19.8. The van der Waals surface area contributed by atoms with Gasteiger partial charge in [0.15, 0.2) is 0 Å². The highest BCUT2D eigenvalue weighted by molar-refractivity contribution is 5.91. The molecule has 7 nitrogen and oxygen atoms in total. The van der Waals surface area contributed by atoms with E-state index in [2.05, 4.69) is 16.0 Å². The van der Waals surface area contributed by atoms with Crippen LogP contribution in [0.3, 0.4) is 0 Å². The summed E-state index contributed by atoms with van der Waals surface area (Å²) in [5.74, 6) is -0.0412. The summed E-state index contributed by atoms with van der Waals surface area (Å²) in [4.78, 5) is 22.7. The van der Waals surface area contributed by atoms with Crippen LogP contribution in [0.4, 0.5) is 5.82 Å². The van der Waals surface area contributed by atoms with Crippen molar-refractivity contribution >= 4 is 22.7 Å². The Bertz CT molecular complexity index is 1150. The number of β-amino-alcohol motifs (C(OH)–C–C–N with tert-alkyl or cyclic N) is 1. The zero-order valence-corrected chi connectivity index (χ0v) is 16.9. The van der Waals surface area contributed by atoms with Crippen LogP contribution in [0.25, 0.3) is 10.9 Å². The Morgan fingerprint density at radius 1 is 1.33 bits per heavy atom. The van der Waals surface area contributed by atoms with Crippen LogP contribution >= 0.6 is 0 Å². The van der Waals surface area contributed by atoms with Crippen LogP contribution in [0.2, 0.25) is 0 Å². The summed E-state index contributed by atoms with van der Waals surface area (Å²) in [6.07, 6.45) is 1.94. The van der Waals surface area contributed by atoms with Crippen molar-refractivity contribution in [1.82, 2.24) is 9.97 Å². The van der Waals surface area contributed by atoms with Gasteiger partial charge in [-0.1, -0.05) is 18.2 Å². The molecule has 152 valence electrons. The van der Waals surface area contributed by atoms with Gasteiger partial charge in [0.05, 0.1) is 35.6 Å². The topological polar surface area (TPSA) is 99.3 Å². The van der Waals surface area contributed by atoms with Crippen molar-refractivity contribution in [2.45, 2.75) is 19.4 Å². The number of nitriles is 1. The Morgan fingerprint density at radius 2 is 2.13 bits per heavy atom. The van der Waals surface area contributed by atoms with Crippen molar-refractivity contribution < 1.29 is 14.6 Å². The molecule has 0 amide bonds. The molecule has 2 aromatic heterocycles. The lowest BCUT2D eigenvalue weighted by Gasteiger charge is -2.20. The fourth-order valence-electron chi connectivity index (χ4n) is 4.08. The number of para-hydroxylation sites is 1. The van der Waals surface area contributed by atoms with Crippen molar-refractivity contribution in [3.8, 4) is 6.07 Å². The second-order valence-corrected chi connectivity index (χ2v) is 7.52. The Morgan fingerprint density at radius 3 is 2.90 bits per heavy atom. The highest BCUT2D eigenvalue weighted by Gasteiger charge is 2.34. The normalized spacial score (nSPS) is 18.4. The first-order valence-electron chi connectivity index (χ1n) is 9.77. The molecule has 1 aliphatic rings. The van der Waals surface area contributed by atoms with Gasteiger partial charge in [-0.15, -0.1) is 0 Å². The zero-order valence-electron chi connectivity index (χ0n) is 16.9. The number of pyridine rings is 2. The Hall–Kier alpha value is -3.50. The second kappa shape index (κ2) is 8.09. The fraction of sp³-hybridized carbons (Fsp3) is 0.304. The molecule has 0 aliphatic carbocycles. The molecule has 3 aromatic rings. The number of aryl methyl sites for hydroxylation is 1. The molecule has 1 aliphatic heterocycles. The van der Waals surface area contributed by atoms with E-state index in [0.29, 0.717) is 36.6 Å². The lowest BCUT2D eigenvalue weighted by Crippen LogP contribution is -2.24. The van der Waals surface area contributed by atoms with Gasteiger partial charge in [-0.2, -0.15) is 5.26 Å². The van der Waals surface area contributed by atoms with Gasteiger partial charge in [-0.05, 0) is 37.1 Å². The van der Waals surface area contributed by atoms with E-state index in [1.807, 2.05) is 35.2 Å². The average molecular weight is 402 g/mol. The molecule has 1 saturated heterocycles. The van der Waals surface area contributed by atoms with E-state index in [9.17, 15) is 15.2 Å². The molecule has 0 unspecified atom stereocenters. The van der Waals surface area contributed by atoms with E-state index in [4.69, 9.17) is 4.74 Å². The highest BCUT2D eigenvalue weighted by Crippen LogP contribution is 2.30. The molecule has 7 heteroatoms. The number of fused-ring (bicyclic) bond motifs is 1. The van der Waals surface area contributed by atoms with Crippen LogP contribution in [-0.2, 0) is 11.2 Å². The predicted molar refractivity (Wildman–Crippen MR) is 112 cm³/mol. The number of rotatable bonds is 4. The van der Waals surface area contributed by atoms with Crippen LogP contribution in [0.15, 0.2) is 42.6 Å². The van der Waals surface area contributed by atoms with Gasteiger partial charge in [0.2, 0.25) is 0 Å². The number of carbonyl (C=O) groups excluding carboxylic acids is 1. The first-order valence-corrected chi connectivity index (χ1v) is 9.77. The lowest BCUT2D eigenvalue weighted by molar-refractivity contribution is 0.0599. The number of hydrogen-bond acceptors (Lipinski definition) is 7. The third-order valence-corrected chi connectivity index (χ3v) is 5.65. The second-order valence-electron chi connectivity index (χ2n) is 7.52. The Labute approximate surface area is 174 Å². The number of ether oxygens (including phenoxy) is 1. The SMILES string of the molecule is COC(=O)c1cc(C#N)c(N2C[C@@H](Cc3ccnc4ccccc34)[C@@H](O)C2)nc1C. The zero-order chi connectivity index (χ0) is 21.3. The Balaban J connectivity index is 1.61. The summed E-state index contributed by atoms with van der Waals surface area (Å²) in [5, 5.41) is 21.4. The molecule has 30 heavy (non-hydrogen) atoms. The molecule has 0 saturated carbocycles. The molecular formula is C23H22N4O3. The summed E-state index contributed by atoms with van der Waals surface area (Å²) in [5.41, 5.74) is 3.13. The third-order valence-electron chi connectivity index (χ3n) is 5.65.